The topological polar surface area (TPSA) is 21.7 Å². The maximum atomic E-state index is 5.62. The van der Waals surface area contributed by atoms with Crippen LogP contribution in [0, 0.1) is 0 Å². The summed E-state index contributed by atoms with van der Waals surface area (Å²) in [5, 5.41) is 0. The van der Waals surface area contributed by atoms with Crippen molar-refractivity contribution < 1.29 is 9.47 Å². The number of ether oxygens (including phenoxy) is 2. The second-order valence-electron chi connectivity index (χ2n) is 6.20. The van der Waals surface area contributed by atoms with Gasteiger partial charge in [0.2, 0.25) is 0 Å². The predicted octanol–water partition coefficient (Wildman–Crippen LogP) is 4.72. The minimum Gasteiger partial charge on any atom is -0.493 e. The summed E-state index contributed by atoms with van der Waals surface area (Å²) in [6.07, 6.45) is 3.38. The molecule has 0 spiro atoms. The highest BCUT2D eigenvalue weighted by atomic mass is 16.5. The Labute approximate surface area is 146 Å². The Morgan fingerprint density at radius 3 is 2.38 bits per heavy atom. The van der Waals surface area contributed by atoms with Crippen LogP contribution in [0.1, 0.15) is 36.9 Å². The van der Waals surface area contributed by atoms with Gasteiger partial charge in [-0.2, -0.15) is 0 Å². The van der Waals surface area contributed by atoms with Gasteiger partial charge >= 0.3 is 0 Å². The van der Waals surface area contributed by atoms with E-state index in [-0.39, 0.29) is 0 Å². The summed E-state index contributed by atoms with van der Waals surface area (Å²) in [6.45, 7) is 2.63. The number of nitrogens with zero attached hydrogens (tertiary/aromatic N) is 1. The Hall–Kier alpha value is -2.00. The SMILES string of the molecule is CCOc1ccc(C(CCCc2ccccc2)N(C)C)cc1OC. The Kier molecular flexibility index (Phi) is 7.13. The highest BCUT2D eigenvalue weighted by Crippen LogP contribution is 2.33. The molecule has 0 aliphatic heterocycles. The molecule has 0 aliphatic rings. The van der Waals surface area contributed by atoms with Gasteiger partial charge in [0.25, 0.3) is 0 Å². The summed E-state index contributed by atoms with van der Waals surface area (Å²) < 4.78 is 11.1. The maximum Gasteiger partial charge on any atom is 0.161 e. The molecule has 0 saturated heterocycles. The van der Waals surface area contributed by atoms with Crippen molar-refractivity contribution in [2.24, 2.45) is 0 Å². The summed E-state index contributed by atoms with van der Waals surface area (Å²) in [5.74, 6) is 1.62. The van der Waals surface area contributed by atoms with Crippen molar-refractivity contribution in [3.63, 3.8) is 0 Å². The molecule has 0 saturated carbocycles. The van der Waals surface area contributed by atoms with Gasteiger partial charge < -0.3 is 14.4 Å². The third-order valence-corrected chi connectivity index (χ3v) is 4.28. The summed E-state index contributed by atoms with van der Waals surface area (Å²) in [5.41, 5.74) is 2.67. The van der Waals surface area contributed by atoms with Crippen LogP contribution in [0.15, 0.2) is 48.5 Å². The first-order valence-corrected chi connectivity index (χ1v) is 8.66. The highest BCUT2D eigenvalue weighted by molar-refractivity contribution is 5.43. The minimum atomic E-state index is 0.373. The zero-order chi connectivity index (χ0) is 17.4. The van der Waals surface area contributed by atoms with Gasteiger partial charge in [0, 0.05) is 6.04 Å². The molecule has 0 aliphatic carbocycles. The van der Waals surface area contributed by atoms with Crippen molar-refractivity contribution in [1.29, 1.82) is 0 Å². The van der Waals surface area contributed by atoms with E-state index in [1.165, 1.54) is 11.1 Å². The van der Waals surface area contributed by atoms with Crippen molar-refractivity contribution in [3.05, 3.63) is 59.7 Å². The molecule has 0 heterocycles. The maximum absolute atomic E-state index is 5.62. The monoisotopic (exact) mass is 327 g/mol. The van der Waals surface area contributed by atoms with Crippen molar-refractivity contribution in [2.45, 2.75) is 32.2 Å². The Bertz CT molecular complexity index is 610. The van der Waals surface area contributed by atoms with Crippen LogP contribution in [0.5, 0.6) is 11.5 Å². The summed E-state index contributed by atoms with van der Waals surface area (Å²) in [4.78, 5) is 2.28. The van der Waals surface area contributed by atoms with Crippen molar-refractivity contribution >= 4 is 0 Å². The smallest absolute Gasteiger partial charge is 0.161 e. The lowest BCUT2D eigenvalue weighted by Gasteiger charge is -2.25. The van der Waals surface area contributed by atoms with Gasteiger partial charge in [0.05, 0.1) is 13.7 Å². The van der Waals surface area contributed by atoms with Crippen LogP contribution < -0.4 is 9.47 Å². The van der Waals surface area contributed by atoms with E-state index in [0.29, 0.717) is 12.6 Å². The van der Waals surface area contributed by atoms with Gasteiger partial charge in [-0.3, -0.25) is 0 Å². The third kappa shape index (κ3) is 5.00. The van der Waals surface area contributed by atoms with Crippen LogP contribution >= 0.6 is 0 Å². The van der Waals surface area contributed by atoms with Gasteiger partial charge in [-0.25, -0.2) is 0 Å². The fourth-order valence-electron chi connectivity index (χ4n) is 3.03. The van der Waals surface area contributed by atoms with Crippen LogP contribution in [0.4, 0.5) is 0 Å². The van der Waals surface area contributed by atoms with Gasteiger partial charge in [-0.15, -0.1) is 0 Å². The van der Waals surface area contributed by atoms with E-state index in [0.717, 1.165) is 30.8 Å². The predicted molar refractivity (Wildman–Crippen MR) is 100.0 cm³/mol. The molecule has 24 heavy (non-hydrogen) atoms. The molecule has 0 radical (unpaired) electrons. The summed E-state index contributed by atoms with van der Waals surface area (Å²) >= 11 is 0. The van der Waals surface area contributed by atoms with Gasteiger partial charge in [-0.1, -0.05) is 36.4 Å². The molecule has 0 aromatic heterocycles. The molecule has 130 valence electrons. The van der Waals surface area contributed by atoms with Gasteiger partial charge in [0.15, 0.2) is 11.5 Å². The van der Waals surface area contributed by atoms with Crippen LogP contribution in [0.25, 0.3) is 0 Å². The molecule has 1 unspecified atom stereocenters. The number of hydrogen-bond acceptors (Lipinski definition) is 3. The molecular formula is C21H29NO2. The first-order valence-electron chi connectivity index (χ1n) is 8.66. The van der Waals surface area contributed by atoms with Crippen molar-refractivity contribution in [3.8, 4) is 11.5 Å². The van der Waals surface area contributed by atoms with Gasteiger partial charge in [0.1, 0.15) is 0 Å². The first kappa shape index (κ1) is 18.3. The molecule has 1 atom stereocenters. The number of rotatable bonds is 9. The zero-order valence-electron chi connectivity index (χ0n) is 15.3. The summed E-state index contributed by atoms with van der Waals surface area (Å²) in [6, 6.07) is 17.3. The Morgan fingerprint density at radius 1 is 1.00 bits per heavy atom. The lowest BCUT2D eigenvalue weighted by molar-refractivity contribution is 0.276. The average molecular weight is 327 g/mol. The quantitative estimate of drug-likeness (QED) is 0.665. The van der Waals surface area contributed by atoms with E-state index in [1.54, 1.807) is 7.11 Å². The highest BCUT2D eigenvalue weighted by Gasteiger charge is 2.16. The number of aryl methyl sites for hydroxylation is 1. The van der Waals surface area contributed by atoms with Crippen LogP contribution in [-0.4, -0.2) is 32.7 Å². The zero-order valence-corrected chi connectivity index (χ0v) is 15.3. The first-order chi connectivity index (χ1) is 11.7. The van der Waals surface area contributed by atoms with Crippen LogP contribution in [-0.2, 0) is 6.42 Å². The Morgan fingerprint density at radius 2 is 1.75 bits per heavy atom. The molecule has 3 nitrogen and oxygen atoms in total. The van der Waals surface area contributed by atoms with Crippen molar-refractivity contribution in [1.82, 2.24) is 4.90 Å². The number of hydrogen-bond donors (Lipinski definition) is 0. The fourth-order valence-corrected chi connectivity index (χ4v) is 3.03. The molecule has 0 amide bonds. The lowest BCUT2D eigenvalue weighted by Crippen LogP contribution is -2.20. The van der Waals surface area contributed by atoms with E-state index in [1.807, 2.05) is 13.0 Å². The number of benzene rings is 2. The fraction of sp³-hybridized carbons (Fsp3) is 0.429. The van der Waals surface area contributed by atoms with Gasteiger partial charge in [-0.05, 0) is 63.5 Å². The average Bonchev–Trinajstić information content (AvgIpc) is 2.60. The van der Waals surface area contributed by atoms with E-state index in [9.17, 15) is 0 Å². The van der Waals surface area contributed by atoms with Crippen molar-refractivity contribution in [2.75, 3.05) is 27.8 Å². The number of methoxy groups -OCH3 is 1. The molecule has 0 fully saturated rings. The second kappa shape index (κ2) is 9.33. The van der Waals surface area contributed by atoms with E-state index in [2.05, 4.69) is 61.5 Å². The second-order valence-corrected chi connectivity index (χ2v) is 6.20. The van der Waals surface area contributed by atoms with E-state index < -0.39 is 0 Å². The molecule has 0 N–H and O–H groups in total. The van der Waals surface area contributed by atoms with E-state index in [4.69, 9.17) is 9.47 Å². The largest absolute Gasteiger partial charge is 0.493 e. The molecular weight excluding hydrogens is 298 g/mol. The third-order valence-electron chi connectivity index (χ3n) is 4.28. The van der Waals surface area contributed by atoms with Crippen LogP contribution in [0.2, 0.25) is 0 Å². The normalized spacial score (nSPS) is 12.2. The minimum absolute atomic E-state index is 0.373. The summed E-state index contributed by atoms with van der Waals surface area (Å²) in [7, 11) is 5.97. The molecule has 2 aromatic carbocycles. The van der Waals surface area contributed by atoms with E-state index >= 15 is 0 Å². The lowest BCUT2D eigenvalue weighted by atomic mass is 9.98. The molecule has 3 heteroatoms. The van der Waals surface area contributed by atoms with Crippen LogP contribution in [0.3, 0.4) is 0 Å². The molecule has 2 aromatic rings. The standard InChI is InChI=1S/C21H29NO2/c1-5-24-20-15-14-18(16-21(20)23-4)19(22(2)3)13-9-12-17-10-7-6-8-11-17/h6-8,10-11,14-16,19H,5,9,12-13H2,1-4H3. The molecule has 2 rings (SSSR count). The Balaban J connectivity index is 2.06. The molecule has 0 bridgehead atoms.